The highest BCUT2D eigenvalue weighted by atomic mass is 16.4. The SMILES string of the molecule is Cc1ccc(CCn2nc3n(c2=O)[C@@H](C(=O)O)CCC3)cc1. The summed E-state index contributed by atoms with van der Waals surface area (Å²) in [5.74, 6) is -0.367. The Bertz CT molecular complexity index is 743. The zero-order valence-electron chi connectivity index (χ0n) is 12.5. The van der Waals surface area contributed by atoms with Crippen LogP contribution in [0.15, 0.2) is 29.1 Å². The minimum Gasteiger partial charge on any atom is -0.480 e. The Labute approximate surface area is 128 Å². The Morgan fingerprint density at radius 2 is 2.09 bits per heavy atom. The number of rotatable bonds is 4. The third-order valence-electron chi connectivity index (χ3n) is 4.15. The summed E-state index contributed by atoms with van der Waals surface area (Å²) in [5, 5.41) is 13.6. The number of carboxylic acids is 1. The number of carboxylic acid groups (broad SMARTS) is 1. The molecule has 0 unspecified atom stereocenters. The Morgan fingerprint density at radius 1 is 1.36 bits per heavy atom. The lowest BCUT2D eigenvalue weighted by Gasteiger charge is -2.19. The molecule has 1 aromatic heterocycles. The highest BCUT2D eigenvalue weighted by molar-refractivity contribution is 5.72. The minimum atomic E-state index is -0.957. The van der Waals surface area contributed by atoms with Crippen molar-refractivity contribution in [3.8, 4) is 0 Å². The normalized spacial score (nSPS) is 17.2. The Balaban J connectivity index is 1.82. The van der Waals surface area contributed by atoms with Crippen molar-refractivity contribution < 1.29 is 9.90 Å². The van der Waals surface area contributed by atoms with Crippen molar-refractivity contribution in [3.63, 3.8) is 0 Å². The Kier molecular flexibility index (Phi) is 3.83. The summed E-state index contributed by atoms with van der Waals surface area (Å²) >= 11 is 0. The maximum atomic E-state index is 12.4. The van der Waals surface area contributed by atoms with Crippen molar-refractivity contribution in [3.05, 3.63) is 51.7 Å². The third-order valence-corrected chi connectivity index (χ3v) is 4.15. The number of nitrogens with zero attached hydrogens (tertiary/aromatic N) is 3. The second kappa shape index (κ2) is 5.79. The lowest BCUT2D eigenvalue weighted by molar-refractivity contribution is -0.141. The van der Waals surface area contributed by atoms with Crippen LogP contribution in [0.1, 0.15) is 35.8 Å². The monoisotopic (exact) mass is 301 g/mol. The second-order valence-corrected chi connectivity index (χ2v) is 5.77. The molecule has 6 nitrogen and oxygen atoms in total. The van der Waals surface area contributed by atoms with E-state index in [1.807, 2.05) is 31.2 Å². The van der Waals surface area contributed by atoms with Gasteiger partial charge in [-0.25, -0.2) is 14.3 Å². The molecular formula is C16H19N3O3. The van der Waals surface area contributed by atoms with E-state index in [2.05, 4.69) is 5.10 Å². The maximum absolute atomic E-state index is 12.4. The first-order chi connectivity index (χ1) is 10.6. The summed E-state index contributed by atoms with van der Waals surface area (Å²) < 4.78 is 2.75. The van der Waals surface area contributed by atoms with Crippen LogP contribution >= 0.6 is 0 Å². The van der Waals surface area contributed by atoms with Crippen LogP contribution in [-0.2, 0) is 24.2 Å². The van der Waals surface area contributed by atoms with E-state index in [1.54, 1.807) is 0 Å². The van der Waals surface area contributed by atoms with Gasteiger partial charge in [0, 0.05) is 6.42 Å². The van der Waals surface area contributed by atoms with Gasteiger partial charge in [-0.05, 0) is 31.7 Å². The van der Waals surface area contributed by atoms with Gasteiger partial charge in [-0.1, -0.05) is 29.8 Å². The van der Waals surface area contributed by atoms with Gasteiger partial charge < -0.3 is 5.11 Å². The molecule has 0 amide bonds. The van der Waals surface area contributed by atoms with E-state index in [0.29, 0.717) is 31.6 Å². The summed E-state index contributed by atoms with van der Waals surface area (Å²) in [6.07, 6.45) is 2.61. The van der Waals surface area contributed by atoms with Crippen molar-refractivity contribution in [2.45, 2.75) is 45.2 Å². The first-order valence-electron chi connectivity index (χ1n) is 7.53. The Morgan fingerprint density at radius 3 is 2.77 bits per heavy atom. The fraction of sp³-hybridized carbons (Fsp3) is 0.438. The summed E-state index contributed by atoms with van der Waals surface area (Å²) in [6, 6.07) is 7.38. The molecule has 0 aliphatic carbocycles. The molecule has 0 fully saturated rings. The van der Waals surface area contributed by atoms with Crippen molar-refractivity contribution in [1.29, 1.82) is 0 Å². The highest BCUT2D eigenvalue weighted by Gasteiger charge is 2.29. The molecule has 0 saturated carbocycles. The molecule has 0 radical (unpaired) electrons. The average Bonchev–Trinajstić information content (AvgIpc) is 2.83. The van der Waals surface area contributed by atoms with E-state index in [1.165, 1.54) is 14.8 Å². The van der Waals surface area contributed by atoms with Crippen LogP contribution < -0.4 is 5.69 Å². The van der Waals surface area contributed by atoms with Crippen molar-refractivity contribution in [2.75, 3.05) is 0 Å². The van der Waals surface area contributed by atoms with Gasteiger partial charge in [0.2, 0.25) is 0 Å². The van der Waals surface area contributed by atoms with Crippen LogP contribution in [0.4, 0.5) is 0 Å². The fourth-order valence-corrected chi connectivity index (χ4v) is 2.90. The summed E-state index contributed by atoms with van der Waals surface area (Å²) in [4.78, 5) is 23.7. The van der Waals surface area contributed by atoms with Crippen LogP contribution in [0.25, 0.3) is 0 Å². The first-order valence-corrected chi connectivity index (χ1v) is 7.53. The van der Waals surface area contributed by atoms with Crippen LogP contribution in [0, 0.1) is 6.92 Å². The van der Waals surface area contributed by atoms with Gasteiger partial charge >= 0.3 is 11.7 Å². The molecule has 22 heavy (non-hydrogen) atoms. The summed E-state index contributed by atoms with van der Waals surface area (Å²) in [7, 11) is 0. The van der Waals surface area contributed by atoms with E-state index in [4.69, 9.17) is 0 Å². The fourth-order valence-electron chi connectivity index (χ4n) is 2.90. The van der Waals surface area contributed by atoms with Crippen molar-refractivity contribution in [1.82, 2.24) is 14.3 Å². The predicted octanol–water partition coefficient (Wildman–Crippen LogP) is 1.56. The molecule has 1 N–H and O–H groups in total. The minimum absolute atomic E-state index is 0.311. The number of hydrogen-bond donors (Lipinski definition) is 1. The zero-order chi connectivity index (χ0) is 15.7. The topological polar surface area (TPSA) is 77.1 Å². The molecule has 1 atom stereocenters. The van der Waals surface area contributed by atoms with Gasteiger partial charge in [-0.2, -0.15) is 5.10 Å². The molecular weight excluding hydrogens is 282 g/mol. The smallest absolute Gasteiger partial charge is 0.346 e. The van der Waals surface area contributed by atoms with Crippen LogP contribution in [0.5, 0.6) is 0 Å². The standard InChI is InChI=1S/C16H19N3O3/c1-11-5-7-12(8-6-11)9-10-18-16(22)19-13(15(20)21)3-2-4-14(19)17-18/h5-8,13H,2-4,9-10H2,1H3,(H,20,21)/t13-/m1/s1. The van der Waals surface area contributed by atoms with Crippen LogP contribution in [-0.4, -0.2) is 25.4 Å². The van der Waals surface area contributed by atoms with Gasteiger partial charge in [-0.3, -0.25) is 4.57 Å². The summed E-state index contributed by atoms with van der Waals surface area (Å²) in [5.41, 5.74) is 2.02. The van der Waals surface area contributed by atoms with E-state index < -0.39 is 12.0 Å². The van der Waals surface area contributed by atoms with Gasteiger partial charge in [0.25, 0.3) is 0 Å². The number of hydrogen-bond acceptors (Lipinski definition) is 3. The largest absolute Gasteiger partial charge is 0.480 e. The molecule has 1 aliphatic heterocycles. The van der Waals surface area contributed by atoms with E-state index in [9.17, 15) is 14.7 Å². The molecule has 1 aliphatic rings. The van der Waals surface area contributed by atoms with Crippen molar-refractivity contribution in [2.24, 2.45) is 0 Å². The highest BCUT2D eigenvalue weighted by Crippen LogP contribution is 2.21. The summed E-state index contributed by atoms with van der Waals surface area (Å²) in [6.45, 7) is 2.50. The number of aryl methyl sites for hydroxylation is 4. The van der Waals surface area contributed by atoms with E-state index >= 15 is 0 Å². The molecule has 2 heterocycles. The molecule has 0 saturated heterocycles. The number of fused-ring (bicyclic) bond motifs is 1. The first kappa shape index (κ1) is 14.6. The molecule has 6 heteroatoms. The average molecular weight is 301 g/mol. The van der Waals surface area contributed by atoms with Gasteiger partial charge in [0.1, 0.15) is 11.9 Å². The molecule has 3 rings (SSSR count). The number of aliphatic carboxylic acids is 1. The molecule has 2 aromatic rings. The zero-order valence-corrected chi connectivity index (χ0v) is 12.5. The third kappa shape index (κ3) is 2.68. The molecule has 0 bridgehead atoms. The van der Waals surface area contributed by atoms with E-state index in [-0.39, 0.29) is 5.69 Å². The lowest BCUT2D eigenvalue weighted by atomic mass is 10.1. The number of benzene rings is 1. The van der Waals surface area contributed by atoms with Crippen LogP contribution in [0.3, 0.4) is 0 Å². The van der Waals surface area contributed by atoms with Gasteiger partial charge in [-0.15, -0.1) is 0 Å². The lowest BCUT2D eigenvalue weighted by Crippen LogP contribution is -2.34. The van der Waals surface area contributed by atoms with Gasteiger partial charge in [0.15, 0.2) is 0 Å². The van der Waals surface area contributed by atoms with Gasteiger partial charge in [0.05, 0.1) is 6.54 Å². The predicted molar refractivity (Wildman–Crippen MR) is 81.0 cm³/mol. The number of aromatic nitrogens is 3. The number of carbonyl (C=O) groups is 1. The molecule has 1 aromatic carbocycles. The van der Waals surface area contributed by atoms with E-state index in [0.717, 1.165) is 12.0 Å². The molecule has 116 valence electrons. The van der Waals surface area contributed by atoms with Crippen molar-refractivity contribution >= 4 is 5.97 Å². The Hall–Kier alpha value is -2.37. The second-order valence-electron chi connectivity index (χ2n) is 5.77. The maximum Gasteiger partial charge on any atom is 0.346 e. The quantitative estimate of drug-likeness (QED) is 0.929. The van der Waals surface area contributed by atoms with Crippen LogP contribution in [0.2, 0.25) is 0 Å². The molecule has 0 spiro atoms.